The van der Waals surface area contributed by atoms with Crippen LogP contribution in [0, 0.1) is 6.92 Å². The van der Waals surface area contributed by atoms with Crippen LogP contribution in [0.25, 0.3) is 5.69 Å². The molecule has 1 aromatic heterocycles. The number of rotatable bonds is 2. The molecule has 0 radical (unpaired) electrons. The summed E-state index contributed by atoms with van der Waals surface area (Å²) in [6.07, 6.45) is 2.02. The Balaban J connectivity index is 2.23. The molecule has 0 saturated heterocycles. The molecule has 0 saturated carbocycles. The van der Waals surface area contributed by atoms with Crippen molar-refractivity contribution in [2.45, 2.75) is 20.1 Å². The van der Waals surface area contributed by atoms with E-state index in [4.69, 9.17) is 4.74 Å². The third kappa shape index (κ3) is 1.93. The number of fused-ring (bicyclic) bond motifs is 3. The van der Waals surface area contributed by atoms with Gasteiger partial charge in [-0.2, -0.15) is 0 Å². The maximum Gasteiger partial charge on any atom is 0.256 e. The van der Waals surface area contributed by atoms with E-state index in [0.29, 0.717) is 13.2 Å². The number of hydrogen-bond donors (Lipinski definition) is 0. The van der Waals surface area contributed by atoms with E-state index >= 15 is 0 Å². The van der Waals surface area contributed by atoms with Crippen LogP contribution >= 0.6 is 0 Å². The maximum absolute atomic E-state index is 12.5. The molecule has 0 N–H and O–H groups in total. The van der Waals surface area contributed by atoms with Gasteiger partial charge in [0.15, 0.2) is 0 Å². The van der Waals surface area contributed by atoms with Crippen molar-refractivity contribution < 1.29 is 9.53 Å². The zero-order valence-electron chi connectivity index (χ0n) is 12.0. The number of aryl methyl sites for hydroxylation is 1. The van der Waals surface area contributed by atoms with E-state index in [0.717, 1.165) is 28.1 Å². The Hall–Kier alpha value is -2.07. The van der Waals surface area contributed by atoms with E-state index in [2.05, 4.69) is 10.6 Å². The van der Waals surface area contributed by atoms with Gasteiger partial charge in [0.2, 0.25) is 0 Å². The number of carbonyl (C=O) groups is 1. The normalized spacial score (nSPS) is 13.9. The molecule has 2 aromatic rings. The summed E-state index contributed by atoms with van der Waals surface area (Å²) >= 11 is 0. The zero-order valence-corrected chi connectivity index (χ0v) is 12.0. The lowest BCUT2D eigenvalue weighted by Crippen LogP contribution is -2.25. The Bertz CT molecular complexity index is 673. The average Bonchev–Trinajstić information content (AvgIpc) is 2.77. The number of nitrogens with zero attached hydrogens (tertiary/aromatic N) is 2. The second-order valence-corrected chi connectivity index (χ2v) is 5.27. The van der Waals surface area contributed by atoms with Crippen molar-refractivity contribution >= 4 is 5.91 Å². The van der Waals surface area contributed by atoms with E-state index in [1.807, 2.05) is 38.4 Å². The molecule has 1 aliphatic rings. The quantitative estimate of drug-likeness (QED) is 0.840. The number of aromatic nitrogens is 1. The van der Waals surface area contributed by atoms with Crippen LogP contribution in [-0.2, 0) is 17.9 Å². The van der Waals surface area contributed by atoms with Crippen LogP contribution < -0.4 is 0 Å². The summed E-state index contributed by atoms with van der Waals surface area (Å²) in [5, 5.41) is 0. The summed E-state index contributed by atoms with van der Waals surface area (Å²) in [5.74, 6) is 0.0655. The predicted octanol–water partition coefficient (Wildman–Crippen LogP) is 2.52. The molecule has 0 spiro atoms. The molecule has 0 bridgehead atoms. The first-order chi connectivity index (χ1) is 9.61. The Morgan fingerprint density at radius 1 is 1.30 bits per heavy atom. The number of ether oxygens (including phenoxy) is 1. The van der Waals surface area contributed by atoms with Gasteiger partial charge >= 0.3 is 0 Å². The summed E-state index contributed by atoms with van der Waals surface area (Å²) in [5.41, 5.74) is 5.04. The lowest BCUT2D eigenvalue weighted by atomic mass is 10.1. The maximum atomic E-state index is 12.5. The minimum atomic E-state index is 0.0655. The molecule has 2 heterocycles. The van der Waals surface area contributed by atoms with Crippen LogP contribution in [0.2, 0.25) is 0 Å². The fourth-order valence-corrected chi connectivity index (χ4v) is 2.73. The second-order valence-electron chi connectivity index (χ2n) is 5.27. The SMILES string of the molecule is COCc1ccn2c1CN(C)C(=O)c1cc(C)ccc1-2. The van der Waals surface area contributed by atoms with Gasteiger partial charge in [-0.1, -0.05) is 11.6 Å². The van der Waals surface area contributed by atoms with Crippen LogP contribution in [0.15, 0.2) is 30.5 Å². The third-order valence-corrected chi connectivity index (χ3v) is 3.76. The standard InChI is InChI=1S/C16H18N2O2/c1-11-4-5-14-13(8-11)16(19)17(2)9-15-12(10-20-3)6-7-18(14)15/h4-8H,9-10H2,1-3H3. The van der Waals surface area contributed by atoms with E-state index < -0.39 is 0 Å². The van der Waals surface area contributed by atoms with Gasteiger partial charge in [0.25, 0.3) is 5.91 Å². The molecule has 0 fully saturated rings. The van der Waals surface area contributed by atoms with Crippen molar-refractivity contribution in [3.8, 4) is 5.69 Å². The van der Waals surface area contributed by atoms with E-state index in [1.165, 1.54) is 0 Å². The minimum Gasteiger partial charge on any atom is -0.380 e. The summed E-state index contributed by atoms with van der Waals surface area (Å²) in [7, 11) is 3.53. The highest BCUT2D eigenvalue weighted by atomic mass is 16.5. The number of methoxy groups -OCH3 is 1. The van der Waals surface area contributed by atoms with Crippen molar-refractivity contribution in [3.63, 3.8) is 0 Å². The van der Waals surface area contributed by atoms with Gasteiger partial charge in [-0.15, -0.1) is 0 Å². The van der Waals surface area contributed by atoms with Crippen molar-refractivity contribution in [1.82, 2.24) is 9.47 Å². The summed E-state index contributed by atoms with van der Waals surface area (Å²) in [4.78, 5) is 14.3. The van der Waals surface area contributed by atoms with Crippen molar-refractivity contribution in [3.05, 3.63) is 52.8 Å². The van der Waals surface area contributed by atoms with Gasteiger partial charge in [0.1, 0.15) is 0 Å². The van der Waals surface area contributed by atoms with E-state index in [9.17, 15) is 4.79 Å². The van der Waals surface area contributed by atoms with Gasteiger partial charge in [-0.05, 0) is 25.1 Å². The molecule has 1 amide bonds. The number of amides is 1. The number of benzene rings is 1. The molecular weight excluding hydrogens is 252 g/mol. The summed E-state index contributed by atoms with van der Waals surface area (Å²) in [6, 6.07) is 8.07. The molecular formula is C16H18N2O2. The molecule has 3 rings (SSSR count). The molecule has 1 aromatic carbocycles. The summed E-state index contributed by atoms with van der Waals surface area (Å²) in [6.45, 7) is 3.16. The molecule has 4 nitrogen and oxygen atoms in total. The van der Waals surface area contributed by atoms with Crippen molar-refractivity contribution in [2.75, 3.05) is 14.2 Å². The topological polar surface area (TPSA) is 34.5 Å². The highest BCUT2D eigenvalue weighted by Crippen LogP contribution is 2.27. The molecule has 0 unspecified atom stereocenters. The Morgan fingerprint density at radius 2 is 2.10 bits per heavy atom. The van der Waals surface area contributed by atoms with Gasteiger partial charge < -0.3 is 14.2 Å². The lowest BCUT2D eigenvalue weighted by molar-refractivity contribution is 0.0786. The highest BCUT2D eigenvalue weighted by Gasteiger charge is 2.25. The molecule has 20 heavy (non-hydrogen) atoms. The monoisotopic (exact) mass is 270 g/mol. The lowest BCUT2D eigenvalue weighted by Gasteiger charge is -2.15. The number of carbonyl (C=O) groups excluding carboxylic acids is 1. The van der Waals surface area contributed by atoms with Crippen LogP contribution in [0.3, 0.4) is 0 Å². The molecule has 1 aliphatic heterocycles. The predicted molar refractivity (Wildman–Crippen MR) is 77.0 cm³/mol. The Morgan fingerprint density at radius 3 is 2.85 bits per heavy atom. The van der Waals surface area contributed by atoms with E-state index in [-0.39, 0.29) is 5.91 Å². The van der Waals surface area contributed by atoms with Gasteiger partial charge in [0.05, 0.1) is 24.4 Å². The largest absolute Gasteiger partial charge is 0.380 e. The Kier molecular flexibility index (Phi) is 3.10. The molecule has 0 atom stereocenters. The fraction of sp³-hybridized carbons (Fsp3) is 0.312. The average molecular weight is 270 g/mol. The summed E-state index contributed by atoms with van der Waals surface area (Å²) < 4.78 is 7.35. The van der Waals surface area contributed by atoms with Gasteiger partial charge in [-0.3, -0.25) is 4.79 Å². The van der Waals surface area contributed by atoms with Crippen LogP contribution in [0.5, 0.6) is 0 Å². The first-order valence-electron chi connectivity index (χ1n) is 6.66. The van der Waals surface area contributed by atoms with Crippen molar-refractivity contribution in [1.29, 1.82) is 0 Å². The van der Waals surface area contributed by atoms with Crippen LogP contribution in [-0.4, -0.2) is 29.5 Å². The van der Waals surface area contributed by atoms with Gasteiger partial charge in [-0.25, -0.2) is 0 Å². The smallest absolute Gasteiger partial charge is 0.256 e. The first-order valence-corrected chi connectivity index (χ1v) is 6.66. The molecule has 0 aliphatic carbocycles. The second kappa shape index (κ2) is 4.80. The first kappa shape index (κ1) is 12.9. The highest BCUT2D eigenvalue weighted by molar-refractivity contribution is 5.98. The zero-order chi connectivity index (χ0) is 14.3. The van der Waals surface area contributed by atoms with Gasteiger partial charge in [0, 0.05) is 31.6 Å². The minimum absolute atomic E-state index is 0.0655. The molecule has 104 valence electrons. The number of hydrogen-bond acceptors (Lipinski definition) is 2. The van der Waals surface area contributed by atoms with Crippen LogP contribution in [0.1, 0.15) is 27.2 Å². The fourth-order valence-electron chi connectivity index (χ4n) is 2.73. The Labute approximate surface area is 118 Å². The van der Waals surface area contributed by atoms with Crippen molar-refractivity contribution in [2.24, 2.45) is 0 Å². The molecule has 4 heteroatoms. The third-order valence-electron chi connectivity index (χ3n) is 3.76. The van der Waals surface area contributed by atoms with E-state index in [1.54, 1.807) is 12.0 Å². The van der Waals surface area contributed by atoms with Crippen LogP contribution in [0.4, 0.5) is 0 Å².